The molecular formula is C20H14O3. The van der Waals surface area contributed by atoms with E-state index in [9.17, 15) is 15.0 Å². The number of rotatable bonds is 2. The van der Waals surface area contributed by atoms with E-state index in [1.54, 1.807) is 12.1 Å². The van der Waals surface area contributed by atoms with Crippen molar-refractivity contribution in [3.63, 3.8) is 0 Å². The number of aliphatic hydroxyl groups excluding tert-OH is 1. The second-order valence-corrected chi connectivity index (χ2v) is 5.61. The van der Waals surface area contributed by atoms with Gasteiger partial charge in [-0.25, -0.2) is 4.79 Å². The highest BCUT2D eigenvalue weighted by atomic mass is 16.4. The minimum absolute atomic E-state index is 0.210. The summed E-state index contributed by atoms with van der Waals surface area (Å²) in [6.07, 6.45) is -0.810. The van der Waals surface area contributed by atoms with Gasteiger partial charge in [-0.15, -0.1) is 0 Å². The Hall–Kier alpha value is -2.91. The maximum atomic E-state index is 11.7. The fourth-order valence-electron chi connectivity index (χ4n) is 3.37. The number of aromatic carboxylic acids is 1. The highest BCUT2D eigenvalue weighted by Crippen LogP contribution is 2.48. The van der Waals surface area contributed by atoms with E-state index in [4.69, 9.17) is 0 Å². The Morgan fingerprint density at radius 1 is 0.826 bits per heavy atom. The van der Waals surface area contributed by atoms with Crippen molar-refractivity contribution in [2.24, 2.45) is 0 Å². The predicted molar refractivity (Wildman–Crippen MR) is 88.3 cm³/mol. The van der Waals surface area contributed by atoms with Crippen molar-refractivity contribution in [2.45, 2.75) is 6.10 Å². The number of carboxylic acids is 1. The lowest BCUT2D eigenvalue weighted by molar-refractivity contribution is 0.0697. The van der Waals surface area contributed by atoms with Crippen LogP contribution >= 0.6 is 0 Å². The molecule has 1 aliphatic carbocycles. The van der Waals surface area contributed by atoms with Gasteiger partial charge in [0.2, 0.25) is 0 Å². The van der Waals surface area contributed by atoms with Gasteiger partial charge in [0.05, 0.1) is 5.56 Å². The van der Waals surface area contributed by atoms with E-state index in [0.717, 1.165) is 22.3 Å². The van der Waals surface area contributed by atoms with Gasteiger partial charge in [-0.1, -0.05) is 60.7 Å². The third kappa shape index (κ3) is 1.98. The molecule has 3 aromatic carbocycles. The molecule has 0 fully saturated rings. The number of aliphatic hydroxyl groups is 1. The average Bonchev–Trinajstić information content (AvgIpc) is 2.88. The lowest BCUT2D eigenvalue weighted by atomic mass is 9.90. The second kappa shape index (κ2) is 5.07. The van der Waals surface area contributed by atoms with Crippen molar-refractivity contribution in [3.05, 3.63) is 83.4 Å². The SMILES string of the molecule is O=C(O)c1ccc2c(c1-c1ccccc1)C(O)c1ccccc1-2. The number of carboxylic acid groups (broad SMARTS) is 1. The van der Waals surface area contributed by atoms with Crippen molar-refractivity contribution in [1.29, 1.82) is 0 Å². The molecule has 1 aliphatic rings. The molecule has 0 aliphatic heterocycles. The zero-order valence-electron chi connectivity index (χ0n) is 12.2. The van der Waals surface area contributed by atoms with Crippen molar-refractivity contribution in [3.8, 4) is 22.3 Å². The molecule has 0 heterocycles. The fraction of sp³-hybridized carbons (Fsp3) is 0.0500. The Morgan fingerprint density at radius 3 is 2.26 bits per heavy atom. The lowest BCUT2D eigenvalue weighted by Gasteiger charge is -2.15. The van der Waals surface area contributed by atoms with Gasteiger partial charge < -0.3 is 10.2 Å². The van der Waals surface area contributed by atoms with Crippen molar-refractivity contribution >= 4 is 5.97 Å². The Balaban J connectivity index is 2.08. The first-order valence-electron chi connectivity index (χ1n) is 7.41. The summed E-state index contributed by atoms with van der Waals surface area (Å²) < 4.78 is 0. The molecule has 3 aromatic rings. The van der Waals surface area contributed by atoms with Crippen LogP contribution in [0.15, 0.2) is 66.7 Å². The van der Waals surface area contributed by atoms with Gasteiger partial charge in [-0.05, 0) is 28.3 Å². The number of hydrogen-bond acceptors (Lipinski definition) is 2. The van der Waals surface area contributed by atoms with E-state index in [2.05, 4.69) is 0 Å². The van der Waals surface area contributed by atoms with Crippen molar-refractivity contribution < 1.29 is 15.0 Å². The number of hydrogen-bond donors (Lipinski definition) is 2. The first-order chi connectivity index (χ1) is 11.2. The minimum atomic E-state index is -0.991. The van der Waals surface area contributed by atoms with E-state index in [1.165, 1.54) is 0 Å². The van der Waals surface area contributed by atoms with Crippen LogP contribution in [0.25, 0.3) is 22.3 Å². The van der Waals surface area contributed by atoms with Crippen LogP contribution < -0.4 is 0 Å². The zero-order valence-corrected chi connectivity index (χ0v) is 12.2. The molecule has 1 atom stereocenters. The third-order valence-electron chi connectivity index (χ3n) is 4.36. The van der Waals surface area contributed by atoms with E-state index in [-0.39, 0.29) is 5.56 Å². The maximum Gasteiger partial charge on any atom is 0.336 e. The maximum absolute atomic E-state index is 11.7. The van der Waals surface area contributed by atoms with Crippen LogP contribution in [0.5, 0.6) is 0 Å². The lowest BCUT2D eigenvalue weighted by Crippen LogP contribution is -2.05. The van der Waals surface area contributed by atoms with E-state index < -0.39 is 12.1 Å². The third-order valence-corrected chi connectivity index (χ3v) is 4.36. The van der Waals surface area contributed by atoms with Gasteiger partial charge in [-0.2, -0.15) is 0 Å². The molecule has 0 spiro atoms. The molecule has 0 saturated carbocycles. The van der Waals surface area contributed by atoms with Gasteiger partial charge in [0.25, 0.3) is 0 Å². The molecule has 0 bridgehead atoms. The largest absolute Gasteiger partial charge is 0.478 e. The molecule has 0 saturated heterocycles. The zero-order chi connectivity index (χ0) is 16.0. The monoisotopic (exact) mass is 302 g/mol. The topological polar surface area (TPSA) is 57.5 Å². The first kappa shape index (κ1) is 13.7. The number of fused-ring (bicyclic) bond motifs is 3. The van der Waals surface area contributed by atoms with Crippen LogP contribution in [0.3, 0.4) is 0 Å². The van der Waals surface area contributed by atoms with Crippen LogP contribution in [0.1, 0.15) is 27.6 Å². The minimum Gasteiger partial charge on any atom is -0.478 e. The van der Waals surface area contributed by atoms with E-state index >= 15 is 0 Å². The van der Waals surface area contributed by atoms with E-state index in [1.807, 2.05) is 54.6 Å². The van der Waals surface area contributed by atoms with Gasteiger partial charge in [-0.3, -0.25) is 0 Å². The summed E-state index contributed by atoms with van der Waals surface area (Å²) >= 11 is 0. The molecule has 0 radical (unpaired) electrons. The standard InChI is InChI=1S/C20H14O3/c21-19-15-9-5-4-8-13(15)14-10-11-16(20(22)23)17(18(14)19)12-6-2-1-3-7-12/h1-11,19,21H,(H,22,23). The van der Waals surface area contributed by atoms with Gasteiger partial charge in [0, 0.05) is 11.1 Å². The van der Waals surface area contributed by atoms with Crippen LogP contribution in [0, 0.1) is 0 Å². The predicted octanol–water partition coefficient (Wildman–Crippen LogP) is 4.11. The first-order valence-corrected chi connectivity index (χ1v) is 7.41. The summed E-state index contributed by atoms with van der Waals surface area (Å²) in [5.41, 5.74) is 4.97. The molecule has 2 N–H and O–H groups in total. The fourth-order valence-corrected chi connectivity index (χ4v) is 3.37. The normalized spacial score (nSPS) is 15.1. The summed E-state index contributed by atoms with van der Waals surface area (Å²) in [4.78, 5) is 11.7. The molecule has 112 valence electrons. The van der Waals surface area contributed by atoms with Gasteiger partial charge in [0.1, 0.15) is 6.10 Å². The quantitative estimate of drug-likeness (QED) is 0.749. The molecule has 0 amide bonds. The molecule has 23 heavy (non-hydrogen) atoms. The molecule has 0 aromatic heterocycles. The molecule has 4 rings (SSSR count). The highest BCUT2D eigenvalue weighted by molar-refractivity contribution is 6.00. The van der Waals surface area contributed by atoms with Crippen LogP contribution in [-0.4, -0.2) is 16.2 Å². The van der Waals surface area contributed by atoms with Gasteiger partial charge >= 0.3 is 5.97 Å². The summed E-state index contributed by atoms with van der Waals surface area (Å²) in [6, 6.07) is 20.4. The Bertz CT molecular complexity index is 913. The summed E-state index contributed by atoms with van der Waals surface area (Å²) in [6.45, 7) is 0. The summed E-state index contributed by atoms with van der Waals surface area (Å²) in [5.74, 6) is -0.991. The van der Waals surface area contributed by atoms with Gasteiger partial charge in [0.15, 0.2) is 0 Å². The Kier molecular flexibility index (Phi) is 3.03. The van der Waals surface area contributed by atoms with Crippen LogP contribution in [-0.2, 0) is 0 Å². The Morgan fingerprint density at radius 2 is 1.52 bits per heavy atom. The van der Waals surface area contributed by atoms with Crippen molar-refractivity contribution in [1.82, 2.24) is 0 Å². The molecule has 3 nitrogen and oxygen atoms in total. The average molecular weight is 302 g/mol. The summed E-state index contributed by atoms with van der Waals surface area (Å²) in [5, 5.41) is 20.4. The molecule has 1 unspecified atom stereocenters. The smallest absolute Gasteiger partial charge is 0.336 e. The molecular weight excluding hydrogens is 288 g/mol. The summed E-state index contributed by atoms with van der Waals surface area (Å²) in [7, 11) is 0. The van der Waals surface area contributed by atoms with Crippen LogP contribution in [0.4, 0.5) is 0 Å². The highest BCUT2D eigenvalue weighted by Gasteiger charge is 2.32. The number of benzene rings is 3. The number of carbonyl (C=O) groups is 1. The van der Waals surface area contributed by atoms with E-state index in [0.29, 0.717) is 11.1 Å². The Labute approximate surface area is 133 Å². The second-order valence-electron chi connectivity index (χ2n) is 5.61. The molecule has 3 heteroatoms. The van der Waals surface area contributed by atoms with Crippen LogP contribution in [0.2, 0.25) is 0 Å². The van der Waals surface area contributed by atoms with Crippen molar-refractivity contribution in [2.75, 3.05) is 0 Å².